The Morgan fingerprint density at radius 3 is 2.53 bits per heavy atom. The number of carbonyl (C=O) groups excluding carboxylic acids is 2. The van der Waals surface area contributed by atoms with Gasteiger partial charge in [0.05, 0.1) is 23.4 Å². The molecule has 0 radical (unpaired) electrons. The maximum Gasteiger partial charge on any atom is 0.362 e. The fourth-order valence-corrected chi connectivity index (χ4v) is 3.09. The molecule has 0 unspecified atom stereocenters. The number of rotatable bonds is 7. The van der Waals surface area contributed by atoms with E-state index in [0.29, 0.717) is 10.7 Å². The third-order valence-electron chi connectivity index (χ3n) is 4.26. The van der Waals surface area contributed by atoms with Crippen LogP contribution in [0.15, 0.2) is 53.3 Å². The lowest BCUT2D eigenvalue weighted by molar-refractivity contribution is -0.118. The van der Waals surface area contributed by atoms with Gasteiger partial charge in [0.25, 0.3) is 11.5 Å². The summed E-state index contributed by atoms with van der Waals surface area (Å²) in [5.41, 5.74) is 0.756. The largest absolute Gasteiger partial charge is 0.481 e. The maximum atomic E-state index is 12.6. The number of amides is 1. The van der Waals surface area contributed by atoms with E-state index in [0.717, 1.165) is 16.3 Å². The molecule has 0 saturated heterocycles. The minimum absolute atomic E-state index is 0.0832. The first-order valence-electron chi connectivity index (χ1n) is 9.55. The molecule has 0 bridgehead atoms. The number of hydrogen-bond acceptors (Lipinski definition) is 6. The molecule has 0 atom stereocenters. The molecule has 0 aliphatic rings. The van der Waals surface area contributed by atoms with Crippen LogP contribution in [0.4, 0.5) is 5.69 Å². The number of halogens is 2. The summed E-state index contributed by atoms with van der Waals surface area (Å²) in [6.07, 6.45) is 0. The molecule has 3 rings (SSSR count). The van der Waals surface area contributed by atoms with Crippen LogP contribution >= 0.6 is 23.2 Å². The molecule has 0 saturated carbocycles. The van der Waals surface area contributed by atoms with Crippen LogP contribution in [0.5, 0.6) is 5.75 Å². The smallest absolute Gasteiger partial charge is 0.362 e. The lowest BCUT2D eigenvalue weighted by atomic mass is 10.2. The van der Waals surface area contributed by atoms with E-state index < -0.39 is 24.0 Å². The van der Waals surface area contributed by atoms with Gasteiger partial charge in [-0.1, -0.05) is 41.4 Å². The van der Waals surface area contributed by atoms with E-state index in [9.17, 15) is 14.4 Å². The summed E-state index contributed by atoms with van der Waals surface area (Å²) >= 11 is 12.2. The van der Waals surface area contributed by atoms with Gasteiger partial charge in [-0.05, 0) is 43.7 Å². The minimum Gasteiger partial charge on any atom is -0.481 e. The van der Waals surface area contributed by atoms with Crippen molar-refractivity contribution in [2.24, 2.45) is 0 Å². The van der Waals surface area contributed by atoms with Gasteiger partial charge in [-0.15, -0.1) is 0 Å². The average molecular weight is 476 g/mol. The van der Waals surface area contributed by atoms with E-state index in [2.05, 4.69) is 10.4 Å². The topological polar surface area (TPSA) is 99.5 Å². The first-order valence-corrected chi connectivity index (χ1v) is 10.3. The van der Waals surface area contributed by atoms with Crippen LogP contribution in [0.25, 0.3) is 5.69 Å². The van der Waals surface area contributed by atoms with Crippen LogP contribution in [0, 0.1) is 6.92 Å². The van der Waals surface area contributed by atoms with E-state index in [4.69, 9.17) is 32.7 Å². The molecule has 0 aliphatic heterocycles. The van der Waals surface area contributed by atoms with Crippen molar-refractivity contribution < 1.29 is 19.1 Å². The van der Waals surface area contributed by atoms with Gasteiger partial charge in [0, 0.05) is 10.7 Å². The van der Waals surface area contributed by atoms with E-state index in [1.54, 1.807) is 49.4 Å². The zero-order valence-electron chi connectivity index (χ0n) is 17.2. The molecule has 0 fully saturated rings. The molecule has 10 heteroatoms. The van der Waals surface area contributed by atoms with Crippen molar-refractivity contribution in [1.82, 2.24) is 9.78 Å². The molecule has 32 heavy (non-hydrogen) atoms. The van der Waals surface area contributed by atoms with E-state index >= 15 is 0 Å². The van der Waals surface area contributed by atoms with Crippen LogP contribution in [0.3, 0.4) is 0 Å². The van der Waals surface area contributed by atoms with Gasteiger partial charge >= 0.3 is 5.97 Å². The number of benzene rings is 2. The first kappa shape index (κ1) is 23.3. The van der Waals surface area contributed by atoms with Gasteiger partial charge < -0.3 is 14.8 Å². The normalized spacial score (nSPS) is 10.5. The Morgan fingerprint density at radius 2 is 1.84 bits per heavy atom. The first-order chi connectivity index (χ1) is 15.3. The highest BCUT2D eigenvalue weighted by Crippen LogP contribution is 2.22. The summed E-state index contributed by atoms with van der Waals surface area (Å²) in [4.78, 5) is 37.3. The monoisotopic (exact) mass is 475 g/mol. The minimum atomic E-state index is -0.811. The van der Waals surface area contributed by atoms with Crippen molar-refractivity contribution in [3.8, 4) is 11.4 Å². The van der Waals surface area contributed by atoms with Crippen molar-refractivity contribution in [3.63, 3.8) is 0 Å². The van der Waals surface area contributed by atoms with Gasteiger partial charge in [-0.25, -0.2) is 4.79 Å². The second-order valence-electron chi connectivity index (χ2n) is 6.58. The summed E-state index contributed by atoms with van der Waals surface area (Å²) in [7, 11) is 0. The van der Waals surface area contributed by atoms with E-state index in [1.165, 1.54) is 0 Å². The summed E-state index contributed by atoms with van der Waals surface area (Å²) in [5, 5.41) is 7.47. The van der Waals surface area contributed by atoms with Crippen molar-refractivity contribution in [1.29, 1.82) is 0 Å². The van der Waals surface area contributed by atoms with Gasteiger partial charge in [0.15, 0.2) is 12.4 Å². The molecule has 166 valence electrons. The fraction of sp³-hybridized carbons (Fsp3) is 0.182. The Bertz CT molecular complexity index is 1230. The molecule has 2 aromatic carbocycles. The second-order valence-corrected chi connectivity index (χ2v) is 7.39. The summed E-state index contributed by atoms with van der Waals surface area (Å²) < 4.78 is 11.4. The van der Waals surface area contributed by atoms with Gasteiger partial charge in [-0.2, -0.15) is 9.78 Å². The van der Waals surface area contributed by atoms with Crippen molar-refractivity contribution >= 4 is 40.8 Å². The Morgan fingerprint density at radius 1 is 1.09 bits per heavy atom. The average Bonchev–Trinajstić information content (AvgIpc) is 2.75. The summed E-state index contributed by atoms with van der Waals surface area (Å²) in [6, 6.07) is 12.6. The summed E-state index contributed by atoms with van der Waals surface area (Å²) in [6.45, 7) is 3.07. The zero-order valence-corrected chi connectivity index (χ0v) is 18.7. The molecular formula is C22H19Cl2N3O5. The zero-order chi connectivity index (χ0) is 23.3. The number of esters is 1. The highest BCUT2D eigenvalue weighted by atomic mass is 35.5. The van der Waals surface area contributed by atoms with Crippen LogP contribution in [-0.4, -0.2) is 34.9 Å². The number of anilines is 1. The number of nitrogens with zero attached hydrogens (tertiary/aromatic N) is 2. The van der Waals surface area contributed by atoms with Gasteiger partial charge in [-0.3, -0.25) is 9.59 Å². The number of nitrogens with one attached hydrogen (secondary N) is 1. The fourth-order valence-electron chi connectivity index (χ4n) is 2.70. The Balaban J connectivity index is 1.86. The number of aryl methyl sites for hydroxylation is 1. The van der Waals surface area contributed by atoms with Crippen molar-refractivity contribution in [2.45, 2.75) is 13.8 Å². The molecule has 1 N–H and O–H groups in total. The van der Waals surface area contributed by atoms with Crippen LogP contribution in [0.1, 0.15) is 23.0 Å². The predicted molar refractivity (Wildman–Crippen MR) is 121 cm³/mol. The highest BCUT2D eigenvalue weighted by molar-refractivity contribution is 6.32. The molecule has 3 aromatic rings. The lowest BCUT2D eigenvalue weighted by Gasteiger charge is -2.13. The number of aromatic nitrogens is 2. The van der Waals surface area contributed by atoms with Crippen molar-refractivity contribution in [3.05, 3.63) is 80.2 Å². The standard InChI is InChI=1S/C22H19Cl2N3O5/c1-3-31-22(30)21-18(11-20(29)27(26-21)17-7-5-4-6-15(17)23)32-12-19(28)25-14-9-8-13(2)16(24)10-14/h4-11H,3,12H2,1-2H3,(H,25,28). The third kappa shape index (κ3) is 5.46. The molecule has 1 amide bonds. The summed E-state index contributed by atoms with van der Waals surface area (Å²) in [5.74, 6) is -1.52. The van der Waals surface area contributed by atoms with Crippen LogP contribution < -0.4 is 15.6 Å². The number of carbonyl (C=O) groups is 2. The molecule has 0 spiro atoms. The SMILES string of the molecule is CCOC(=O)c1nn(-c2ccccc2Cl)c(=O)cc1OCC(=O)Nc1ccc(C)c(Cl)c1. The Hall–Kier alpha value is -3.36. The van der Waals surface area contributed by atoms with Gasteiger partial charge in [0.1, 0.15) is 0 Å². The van der Waals surface area contributed by atoms with E-state index in [-0.39, 0.29) is 28.8 Å². The number of hydrogen-bond donors (Lipinski definition) is 1. The Labute approximate surface area is 193 Å². The van der Waals surface area contributed by atoms with E-state index in [1.807, 2.05) is 6.92 Å². The van der Waals surface area contributed by atoms with Crippen LogP contribution in [0.2, 0.25) is 10.0 Å². The molecule has 1 heterocycles. The second kappa shape index (κ2) is 10.3. The Kier molecular flexibility index (Phi) is 7.50. The number of para-hydroxylation sites is 1. The third-order valence-corrected chi connectivity index (χ3v) is 4.99. The quantitative estimate of drug-likeness (QED) is 0.517. The number of ether oxygens (including phenoxy) is 2. The lowest BCUT2D eigenvalue weighted by Crippen LogP contribution is -2.27. The molecule has 8 nitrogen and oxygen atoms in total. The predicted octanol–water partition coefficient (Wildman–Crippen LogP) is 4.04. The van der Waals surface area contributed by atoms with Crippen molar-refractivity contribution in [2.75, 3.05) is 18.5 Å². The molecular weight excluding hydrogens is 457 g/mol. The highest BCUT2D eigenvalue weighted by Gasteiger charge is 2.21. The maximum absolute atomic E-state index is 12.6. The molecule has 1 aromatic heterocycles. The molecule has 0 aliphatic carbocycles. The van der Waals surface area contributed by atoms with Gasteiger partial charge in [0.2, 0.25) is 5.69 Å². The van der Waals surface area contributed by atoms with Crippen LogP contribution in [-0.2, 0) is 9.53 Å².